The van der Waals surface area contributed by atoms with Crippen molar-refractivity contribution in [3.8, 4) is 17.2 Å². The first-order chi connectivity index (χ1) is 16.7. The Morgan fingerprint density at radius 2 is 1.53 bits per heavy atom. The number of nitriles is 1. The quantitative estimate of drug-likeness (QED) is 0.409. The first-order valence-electron chi connectivity index (χ1n) is 11.0. The summed E-state index contributed by atoms with van der Waals surface area (Å²) in [5.74, 6) is -1.50. The van der Waals surface area contributed by atoms with Gasteiger partial charge in [-0.05, 0) is 41.2 Å². The zero-order valence-corrected chi connectivity index (χ0v) is 20.7. The molecule has 0 aliphatic rings. The molecule has 0 bridgehead atoms. The molecule has 2 atom stereocenters. The van der Waals surface area contributed by atoms with Crippen molar-refractivity contribution >= 4 is 21.8 Å². The van der Waals surface area contributed by atoms with Crippen molar-refractivity contribution < 1.29 is 31.2 Å². The van der Waals surface area contributed by atoms with Gasteiger partial charge in [0, 0.05) is 6.92 Å². The van der Waals surface area contributed by atoms with E-state index >= 15 is 0 Å². The lowest BCUT2D eigenvalue weighted by Gasteiger charge is -2.28. The van der Waals surface area contributed by atoms with Crippen LogP contribution in [0.2, 0.25) is 0 Å². The smallest absolute Gasteiger partial charge is 0.342 e. The maximum atomic E-state index is 14.0. The lowest BCUT2D eigenvalue weighted by molar-refractivity contribution is -0.161. The van der Waals surface area contributed by atoms with Gasteiger partial charge in [0.25, 0.3) is 10.0 Å². The summed E-state index contributed by atoms with van der Waals surface area (Å²) in [6.07, 6.45) is -4.57. The molecule has 0 aliphatic heterocycles. The van der Waals surface area contributed by atoms with Gasteiger partial charge >= 0.3 is 6.18 Å². The zero-order valence-electron chi connectivity index (χ0n) is 19.9. The highest BCUT2D eigenvalue weighted by Crippen LogP contribution is 2.34. The van der Waals surface area contributed by atoms with E-state index in [0.717, 1.165) is 6.92 Å². The summed E-state index contributed by atoms with van der Waals surface area (Å²) in [5, 5.41) is 13.4. The van der Waals surface area contributed by atoms with E-state index in [4.69, 9.17) is 5.26 Å². The summed E-state index contributed by atoms with van der Waals surface area (Å²) in [4.78, 5) is 23.3. The van der Waals surface area contributed by atoms with Crippen LogP contribution in [0.5, 0.6) is 0 Å². The van der Waals surface area contributed by atoms with Crippen LogP contribution in [0.25, 0.3) is 11.1 Å². The highest BCUT2D eigenvalue weighted by molar-refractivity contribution is 7.90. The van der Waals surface area contributed by atoms with Crippen LogP contribution in [0.4, 0.5) is 13.2 Å². The van der Waals surface area contributed by atoms with Gasteiger partial charge < -0.3 is 5.32 Å². The molecule has 0 saturated heterocycles. The highest BCUT2D eigenvalue weighted by atomic mass is 32.2. The molecule has 8 nitrogen and oxygen atoms in total. The van der Waals surface area contributed by atoms with E-state index in [9.17, 15) is 31.2 Å². The van der Waals surface area contributed by atoms with Gasteiger partial charge in [0.05, 0.1) is 17.0 Å². The van der Waals surface area contributed by atoms with Crippen molar-refractivity contribution in [1.29, 1.82) is 5.26 Å². The van der Waals surface area contributed by atoms with E-state index in [1.54, 1.807) is 19.9 Å². The standard InChI is InChI=1S/C24H27F3N4O4S/c1-15(2)14-21(23(33)29-13-12-28)30-22(24(25,26)27)19-6-4-17(5-7-19)18-8-10-20(11-9-18)36(34,35)31-16(3)32/h4-11,15,21-22,30H,13-14H2,1-3H3,(H,29,33)(H,31,32)/t21-,22-/m0/s1. The lowest BCUT2D eigenvalue weighted by Crippen LogP contribution is -2.49. The Hall–Kier alpha value is -3.43. The molecule has 2 aromatic rings. The molecule has 2 aromatic carbocycles. The Bertz CT molecular complexity index is 1210. The molecule has 0 spiro atoms. The van der Waals surface area contributed by atoms with Gasteiger partial charge in [0.2, 0.25) is 11.8 Å². The minimum atomic E-state index is -4.70. The summed E-state index contributed by atoms with van der Waals surface area (Å²) in [5.41, 5.74) is 0.972. The van der Waals surface area contributed by atoms with Gasteiger partial charge in [-0.3, -0.25) is 14.9 Å². The number of hydrogen-bond donors (Lipinski definition) is 3. The molecule has 36 heavy (non-hydrogen) atoms. The lowest BCUT2D eigenvalue weighted by atomic mass is 9.97. The summed E-state index contributed by atoms with van der Waals surface area (Å²) in [6, 6.07) is 9.42. The Labute approximate surface area is 207 Å². The Morgan fingerprint density at radius 1 is 1.00 bits per heavy atom. The first kappa shape index (κ1) is 28.8. The van der Waals surface area contributed by atoms with E-state index in [-0.39, 0.29) is 29.3 Å². The van der Waals surface area contributed by atoms with E-state index in [1.807, 2.05) is 4.72 Å². The minimum absolute atomic E-state index is 0.0796. The molecule has 0 radical (unpaired) electrons. The van der Waals surface area contributed by atoms with Crippen LogP contribution in [0.3, 0.4) is 0 Å². The Balaban J connectivity index is 2.30. The van der Waals surface area contributed by atoms with Gasteiger partial charge in [-0.25, -0.2) is 13.1 Å². The zero-order chi connectivity index (χ0) is 27.1. The van der Waals surface area contributed by atoms with Crippen molar-refractivity contribution in [1.82, 2.24) is 15.4 Å². The normalized spacial score (nSPS) is 13.5. The SMILES string of the molecule is CC(=O)NS(=O)(=O)c1ccc(-c2ccc([C@H](N[C@@H](CC(C)C)C(=O)NCC#N)C(F)(F)F)cc2)cc1. The molecule has 0 fully saturated rings. The molecular formula is C24H27F3N4O4S. The number of amides is 2. The van der Waals surface area contributed by atoms with Gasteiger partial charge in [-0.2, -0.15) is 18.4 Å². The number of hydrogen-bond acceptors (Lipinski definition) is 6. The van der Waals surface area contributed by atoms with Crippen LogP contribution in [-0.2, 0) is 19.6 Å². The number of halogens is 3. The van der Waals surface area contributed by atoms with Crippen LogP contribution >= 0.6 is 0 Å². The average molecular weight is 525 g/mol. The van der Waals surface area contributed by atoms with E-state index in [1.165, 1.54) is 48.5 Å². The Kier molecular flexibility index (Phi) is 9.61. The topological polar surface area (TPSA) is 128 Å². The summed E-state index contributed by atoms with van der Waals surface area (Å²) in [7, 11) is -4.01. The molecule has 0 aliphatic carbocycles. The van der Waals surface area contributed by atoms with Gasteiger partial charge in [0.15, 0.2) is 0 Å². The minimum Gasteiger partial charge on any atom is -0.342 e. The molecule has 12 heteroatoms. The highest BCUT2D eigenvalue weighted by Gasteiger charge is 2.42. The van der Waals surface area contributed by atoms with Crippen molar-refractivity contribution in [2.75, 3.05) is 6.54 Å². The summed E-state index contributed by atoms with van der Waals surface area (Å²) >= 11 is 0. The largest absolute Gasteiger partial charge is 0.407 e. The fourth-order valence-electron chi connectivity index (χ4n) is 3.50. The second-order valence-electron chi connectivity index (χ2n) is 8.51. The summed E-state index contributed by atoms with van der Waals surface area (Å²) in [6.45, 7) is 4.30. The molecule has 0 saturated carbocycles. The Morgan fingerprint density at radius 3 is 1.97 bits per heavy atom. The number of alkyl halides is 3. The number of rotatable bonds is 10. The second-order valence-corrected chi connectivity index (χ2v) is 10.2. The molecule has 2 amide bonds. The number of nitrogens with one attached hydrogen (secondary N) is 3. The second kappa shape index (κ2) is 12.0. The predicted octanol–water partition coefficient (Wildman–Crippen LogP) is 3.43. The number of sulfonamides is 1. The van der Waals surface area contributed by atoms with Crippen molar-refractivity contribution in [2.45, 2.75) is 50.3 Å². The van der Waals surface area contributed by atoms with E-state index in [2.05, 4.69) is 10.6 Å². The van der Waals surface area contributed by atoms with Crippen LogP contribution in [0.1, 0.15) is 38.8 Å². The van der Waals surface area contributed by atoms with Gasteiger partial charge in [0.1, 0.15) is 12.6 Å². The van der Waals surface area contributed by atoms with Gasteiger partial charge in [-0.1, -0.05) is 50.2 Å². The van der Waals surface area contributed by atoms with Crippen molar-refractivity contribution in [2.24, 2.45) is 5.92 Å². The van der Waals surface area contributed by atoms with Crippen molar-refractivity contribution in [3.05, 3.63) is 54.1 Å². The van der Waals surface area contributed by atoms with Gasteiger partial charge in [-0.15, -0.1) is 0 Å². The average Bonchev–Trinajstić information content (AvgIpc) is 2.78. The molecule has 0 heterocycles. The third-order valence-corrected chi connectivity index (χ3v) is 6.53. The van der Waals surface area contributed by atoms with Crippen molar-refractivity contribution in [3.63, 3.8) is 0 Å². The predicted molar refractivity (Wildman–Crippen MR) is 127 cm³/mol. The molecule has 194 valence electrons. The maximum Gasteiger partial charge on any atom is 0.407 e. The molecule has 0 aromatic heterocycles. The summed E-state index contributed by atoms with van der Waals surface area (Å²) < 4.78 is 67.9. The third-order valence-electron chi connectivity index (χ3n) is 5.08. The van der Waals surface area contributed by atoms with E-state index < -0.39 is 40.1 Å². The monoisotopic (exact) mass is 524 g/mol. The third kappa shape index (κ3) is 8.07. The van der Waals surface area contributed by atoms with E-state index in [0.29, 0.717) is 11.1 Å². The van der Waals surface area contributed by atoms with Crippen LogP contribution < -0.4 is 15.4 Å². The fraction of sp³-hybridized carbons (Fsp3) is 0.375. The first-order valence-corrected chi connectivity index (χ1v) is 12.4. The number of nitrogens with zero attached hydrogens (tertiary/aromatic N) is 1. The number of benzene rings is 2. The molecular weight excluding hydrogens is 497 g/mol. The van der Waals surface area contributed by atoms with Crippen LogP contribution in [0, 0.1) is 17.2 Å². The number of carbonyl (C=O) groups is 2. The molecule has 3 N–H and O–H groups in total. The van der Waals surface area contributed by atoms with Crippen LogP contribution in [-0.4, -0.2) is 39.0 Å². The number of carbonyl (C=O) groups excluding carboxylic acids is 2. The molecule has 0 unspecified atom stereocenters. The fourth-order valence-corrected chi connectivity index (χ4v) is 4.49. The van der Waals surface area contributed by atoms with Crippen LogP contribution in [0.15, 0.2) is 53.4 Å². The molecule has 2 rings (SSSR count). The maximum absolute atomic E-state index is 14.0.